The quantitative estimate of drug-likeness (QED) is 0.342. The number of anilines is 3. The fraction of sp³-hybridized carbons (Fsp3) is 0.219. The minimum absolute atomic E-state index is 0.0279. The van der Waals surface area contributed by atoms with Gasteiger partial charge in [-0.05, 0) is 67.8 Å². The lowest BCUT2D eigenvalue weighted by Crippen LogP contribution is -2.47. The molecule has 2 aromatic heterocycles. The van der Waals surface area contributed by atoms with Gasteiger partial charge in [0.25, 0.3) is 17.4 Å². The fourth-order valence-electron chi connectivity index (χ4n) is 5.86. The van der Waals surface area contributed by atoms with Gasteiger partial charge < -0.3 is 20.1 Å². The van der Waals surface area contributed by atoms with Crippen molar-refractivity contribution in [3.8, 4) is 0 Å². The van der Waals surface area contributed by atoms with Gasteiger partial charge in [-0.2, -0.15) is 0 Å². The molecule has 6 rings (SSSR count). The Labute approximate surface area is 236 Å². The average Bonchev–Trinajstić information content (AvgIpc) is 2.98. The number of benzene rings is 2. The van der Waals surface area contributed by atoms with Crippen LogP contribution in [0.4, 0.5) is 17.1 Å². The predicted molar refractivity (Wildman–Crippen MR) is 157 cm³/mol. The molecule has 9 nitrogen and oxygen atoms in total. The molecule has 9 heteroatoms. The molecule has 2 aliphatic heterocycles. The molecule has 4 aromatic rings. The Bertz CT molecular complexity index is 1710. The van der Waals surface area contributed by atoms with Crippen LogP contribution in [0.1, 0.15) is 56.0 Å². The normalized spacial score (nSPS) is 17.3. The molecule has 2 aromatic carbocycles. The van der Waals surface area contributed by atoms with E-state index in [1.807, 2.05) is 22.8 Å². The number of hydrogen-bond donors (Lipinski definition) is 2. The summed E-state index contributed by atoms with van der Waals surface area (Å²) in [4.78, 5) is 56.9. The van der Waals surface area contributed by atoms with Gasteiger partial charge in [0, 0.05) is 72.1 Å². The molecule has 0 radical (unpaired) electrons. The highest BCUT2D eigenvalue weighted by molar-refractivity contribution is 6.09. The van der Waals surface area contributed by atoms with Crippen LogP contribution in [0.25, 0.3) is 0 Å². The van der Waals surface area contributed by atoms with Crippen molar-refractivity contribution < 1.29 is 14.4 Å². The largest absolute Gasteiger partial charge is 0.369 e. The van der Waals surface area contributed by atoms with Crippen molar-refractivity contribution in [3.05, 3.63) is 118 Å². The number of amides is 2. The van der Waals surface area contributed by atoms with Gasteiger partial charge in [-0.1, -0.05) is 18.2 Å². The Morgan fingerprint density at radius 2 is 1.59 bits per heavy atom. The first-order valence-corrected chi connectivity index (χ1v) is 13.6. The SMILES string of the molecule is CC(=O)c1cccc(NC(=O)c2ccc(N3C[C@H]4C[C@@H](C3)c3cccc(=O)n3C4)c(NC(=O)c3ccncc3)c2)c1. The van der Waals surface area contributed by atoms with E-state index in [2.05, 4.69) is 20.5 Å². The van der Waals surface area contributed by atoms with Gasteiger partial charge in [0.05, 0.1) is 11.4 Å². The van der Waals surface area contributed by atoms with Crippen LogP contribution in [-0.4, -0.2) is 40.2 Å². The molecular weight excluding hydrogens is 518 g/mol. The third kappa shape index (κ3) is 5.38. The van der Waals surface area contributed by atoms with Crippen molar-refractivity contribution in [2.45, 2.75) is 25.8 Å². The number of pyridine rings is 2. The molecule has 2 bridgehead atoms. The molecule has 0 unspecified atom stereocenters. The van der Waals surface area contributed by atoms with Crippen molar-refractivity contribution in [1.82, 2.24) is 9.55 Å². The van der Waals surface area contributed by atoms with E-state index in [1.165, 1.54) is 6.92 Å². The number of rotatable bonds is 6. The topological polar surface area (TPSA) is 113 Å². The van der Waals surface area contributed by atoms with Crippen LogP contribution in [0.2, 0.25) is 0 Å². The number of ketones is 1. The summed E-state index contributed by atoms with van der Waals surface area (Å²) < 4.78 is 1.89. The molecular formula is C32H29N5O4. The highest BCUT2D eigenvalue weighted by Crippen LogP contribution is 2.39. The first-order valence-electron chi connectivity index (χ1n) is 13.6. The van der Waals surface area contributed by atoms with Crippen LogP contribution in [0.5, 0.6) is 0 Å². The standard InChI is InChI=1S/C32H29N5O4/c1-20(38)23-4-2-5-26(15-23)34-32(41)24-8-9-29(27(16-24)35-31(40)22-10-12-33-13-11-22)36-17-21-14-25(19-36)28-6-3-7-30(39)37(28)18-21/h2-13,15-16,21,25H,14,17-19H2,1H3,(H,34,41)(H,35,40)/t21-,25+/m1/s1. The maximum atomic E-state index is 13.3. The van der Waals surface area contributed by atoms with Gasteiger partial charge in [-0.15, -0.1) is 0 Å². The minimum Gasteiger partial charge on any atom is -0.369 e. The Hall–Kier alpha value is -5.05. The van der Waals surface area contributed by atoms with E-state index < -0.39 is 0 Å². The second-order valence-electron chi connectivity index (χ2n) is 10.6. The van der Waals surface area contributed by atoms with E-state index in [9.17, 15) is 19.2 Å². The lowest BCUT2D eigenvalue weighted by atomic mass is 9.83. The van der Waals surface area contributed by atoms with Crippen molar-refractivity contribution >= 4 is 34.7 Å². The van der Waals surface area contributed by atoms with E-state index >= 15 is 0 Å². The zero-order chi connectivity index (χ0) is 28.5. The lowest BCUT2D eigenvalue weighted by Gasteiger charge is -2.44. The second-order valence-corrected chi connectivity index (χ2v) is 10.6. The third-order valence-electron chi connectivity index (χ3n) is 7.80. The number of fused-ring (bicyclic) bond motifs is 4. The molecule has 2 aliphatic rings. The number of carbonyl (C=O) groups is 3. The van der Waals surface area contributed by atoms with Gasteiger partial charge in [-0.3, -0.25) is 24.2 Å². The summed E-state index contributed by atoms with van der Waals surface area (Å²) in [5.74, 6) is -0.307. The molecule has 2 amide bonds. The summed E-state index contributed by atoms with van der Waals surface area (Å²) in [5, 5.41) is 5.87. The number of hydrogen-bond acceptors (Lipinski definition) is 6. The van der Waals surface area contributed by atoms with Gasteiger partial charge >= 0.3 is 0 Å². The maximum Gasteiger partial charge on any atom is 0.255 e. The van der Waals surface area contributed by atoms with Crippen molar-refractivity contribution in [2.24, 2.45) is 5.92 Å². The van der Waals surface area contributed by atoms with Crippen LogP contribution in [0.15, 0.2) is 90.0 Å². The van der Waals surface area contributed by atoms with Gasteiger partial charge in [0.15, 0.2) is 5.78 Å². The molecule has 2 N–H and O–H groups in total. The summed E-state index contributed by atoms with van der Waals surface area (Å²) in [5.41, 5.74) is 4.21. The first kappa shape index (κ1) is 26.2. The van der Waals surface area contributed by atoms with E-state index in [-0.39, 0.29) is 35.0 Å². The molecule has 0 spiro atoms. The maximum absolute atomic E-state index is 13.3. The monoisotopic (exact) mass is 547 g/mol. The third-order valence-corrected chi connectivity index (χ3v) is 7.80. The van der Waals surface area contributed by atoms with E-state index in [0.717, 1.165) is 24.3 Å². The highest BCUT2D eigenvalue weighted by Gasteiger charge is 2.35. The summed E-state index contributed by atoms with van der Waals surface area (Å²) >= 11 is 0. The molecule has 41 heavy (non-hydrogen) atoms. The summed E-state index contributed by atoms with van der Waals surface area (Å²) in [6.45, 7) is 3.53. The minimum atomic E-state index is -0.361. The van der Waals surface area contributed by atoms with Gasteiger partial charge in [-0.25, -0.2) is 0 Å². The summed E-state index contributed by atoms with van der Waals surface area (Å²) in [6.07, 6.45) is 4.11. The smallest absolute Gasteiger partial charge is 0.255 e. The Morgan fingerprint density at radius 3 is 2.39 bits per heavy atom. The van der Waals surface area contributed by atoms with Crippen LogP contribution < -0.4 is 21.1 Å². The molecule has 206 valence electrons. The number of carbonyl (C=O) groups excluding carboxylic acids is 3. The number of aromatic nitrogens is 2. The van der Waals surface area contributed by atoms with Gasteiger partial charge in [0.2, 0.25) is 0 Å². The average molecular weight is 548 g/mol. The van der Waals surface area contributed by atoms with E-state index in [4.69, 9.17) is 0 Å². The Kier molecular flexibility index (Phi) is 6.93. The van der Waals surface area contributed by atoms with Crippen molar-refractivity contribution in [2.75, 3.05) is 28.6 Å². The van der Waals surface area contributed by atoms with Gasteiger partial charge in [0.1, 0.15) is 0 Å². The van der Waals surface area contributed by atoms with Crippen LogP contribution in [0.3, 0.4) is 0 Å². The molecule has 1 saturated heterocycles. The number of nitrogens with one attached hydrogen (secondary N) is 2. The molecule has 1 fully saturated rings. The van der Waals surface area contributed by atoms with Crippen LogP contribution in [0, 0.1) is 5.92 Å². The predicted octanol–water partition coefficient (Wildman–Crippen LogP) is 4.57. The zero-order valence-electron chi connectivity index (χ0n) is 22.5. The number of piperidine rings is 1. The number of Topliss-reactive ketones (excluding diaryl/α,β-unsaturated/α-hetero) is 1. The Balaban J connectivity index is 1.32. The van der Waals surface area contributed by atoms with Crippen molar-refractivity contribution in [1.29, 1.82) is 0 Å². The second kappa shape index (κ2) is 10.8. The van der Waals surface area contributed by atoms with E-state index in [0.29, 0.717) is 41.2 Å². The summed E-state index contributed by atoms with van der Waals surface area (Å²) in [6, 6.07) is 20.8. The molecule has 4 heterocycles. The lowest BCUT2D eigenvalue weighted by molar-refractivity contribution is 0.101. The summed E-state index contributed by atoms with van der Waals surface area (Å²) in [7, 11) is 0. The first-order chi connectivity index (χ1) is 19.9. The molecule has 0 aliphatic carbocycles. The van der Waals surface area contributed by atoms with Crippen LogP contribution >= 0.6 is 0 Å². The fourth-order valence-corrected chi connectivity index (χ4v) is 5.86. The van der Waals surface area contributed by atoms with Crippen LogP contribution in [-0.2, 0) is 6.54 Å². The van der Waals surface area contributed by atoms with E-state index in [1.54, 1.807) is 67.0 Å². The Morgan fingerprint density at radius 1 is 0.805 bits per heavy atom. The number of nitrogens with zero attached hydrogens (tertiary/aromatic N) is 3. The molecule has 0 saturated carbocycles. The highest BCUT2D eigenvalue weighted by atomic mass is 16.2. The van der Waals surface area contributed by atoms with Crippen molar-refractivity contribution in [3.63, 3.8) is 0 Å². The zero-order valence-corrected chi connectivity index (χ0v) is 22.5. The molecule has 2 atom stereocenters.